The number of aromatic nitrogens is 1. The van der Waals surface area contributed by atoms with E-state index in [0.717, 1.165) is 43.7 Å². The van der Waals surface area contributed by atoms with E-state index in [9.17, 15) is 0 Å². The summed E-state index contributed by atoms with van der Waals surface area (Å²) in [6.07, 6.45) is 0. The van der Waals surface area contributed by atoms with Crippen molar-refractivity contribution in [1.82, 2.24) is 4.57 Å². The highest BCUT2D eigenvalue weighted by atomic mass is 31.2. The van der Waals surface area contributed by atoms with E-state index in [0.29, 0.717) is 33.6 Å². The Morgan fingerprint density at radius 2 is 0.959 bits per heavy atom. The molecule has 1 unspecified atom stereocenters. The summed E-state index contributed by atoms with van der Waals surface area (Å²) in [6.45, 7) is 0. The van der Waals surface area contributed by atoms with Gasteiger partial charge >= 0.3 is 0 Å². The largest absolute Gasteiger partial charge is 0.456 e. The van der Waals surface area contributed by atoms with Gasteiger partial charge < -0.3 is 18.6 Å². The minimum atomic E-state index is -3.42. The monoisotopic (exact) mass is 647 g/mol. The lowest BCUT2D eigenvalue weighted by atomic mass is 10.0. The standard InChI is InChI=1S/C44H26NO3P/c46-49-41-20-10-9-19-38(41)47-39-25-28(27-21-23-29(24-22-27)45-36-17-7-5-13-32(36)33-14-6-8-18-37(33)45)26-40(44(39)49)48-42-34-15-3-1-11-30(34)31-12-2-4-16-35(31)43(42)49/h1-26H. The van der Waals surface area contributed by atoms with Gasteiger partial charge in [0.25, 0.3) is 0 Å². The van der Waals surface area contributed by atoms with Crippen LogP contribution >= 0.6 is 7.14 Å². The molecule has 3 heterocycles. The van der Waals surface area contributed by atoms with Crippen LogP contribution in [0.25, 0.3) is 60.2 Å². The molecular weight excluding hydrogens is 621 g/mol. The number of nitrogens with zero attached hydrogens (tertiary/aromatic N) is 1. The first-order chi connectivity index (χ1) is 24.2. The zero-order chi connectivity index (χ0) is 32.3. The predicted octanol–water partition coefficient (Wildman–Crippen LogP) is 10.6. The van der Waals surface area contributed by atoms with E-state index < -0.39 is 7.14 Å². The van der Waals surface area contributed by atoms with Gasteiger partial charge in [0.15, 0.2) is 7.14 Å². The van der Waals surface area contributed by atoms with Crippen LogP contribution in [-0.2, 0) is 4.57 Å². The summed E-state index contributed by atoms with van der Waals surface area (Å²) in [7, 11) is -3.42. The van der Waals surface area contributed by atoms with E-state index in [-0.39, 0.29) is 0 Å². The van der Waals surface area contributed by atoms with Gasteiger partial charge in [-0.05, 0) is 75.8 Å². The van der Waals surface area contributed by atoms with Crippen molar-refractivity contribution in [3.05, 3.63) is 158 Å². The van der Waals surface area contributed by atoms with Crippen LogP contribution in [0, 0.1) is 0 Å². The molecule has 0 spiro atoms. The normalized spacial score (nSPS) is 15.8. The molecule has 0 N–H and O–H groups in total. The Hall–Kier alpha value is -6.09. The van der Waals surface area contributed by atoms with Crippen molar-refractivity contribution in [3.63, 3.8) is 0 Å². The second-order valence-electron chi connectivity index (χ2n) is 12.8. The fourth-order valence-corrected chi connectivity index (χ4v) is 11.4. The molecule has 49 heavy (non-hydrogen) atoms. The summed E-state index contributed by atoms with van der Waals surface area (Å²) >= 11 is 0. The molecule has 8 aromatic carbocycles. The molecule has 0 fully saturated rings. The Kier molecular flexibility index (Phi) is 5.35. The van der Waals surface area contributed by atoms with Gasteiger partial charge in [-0.15, -0.1) is 0 Å². The van der Waals surface area contributed by atoms with Crippen molar-refractivity contribution in [1.29, 1.82) is 0 Å². The lowest BCUT2D eigenvalue weighted by molar-refractivity contribution is 0.465. The van der Waals surface area contributed by atoms with Gasteiger partial charge in [-0.25, -0.2) is 0 Å². The fourth-order valence-electron chi connectivity index (χ4n) is 8.11. The Morgan fingerprint density at radius 1 is 0.429 bits per heavy atom. The molecule has 1 aromatic heterocycles. The molecule has 11 rings (SSSR count). The van der Waals surface area contributed by atoms with Gasteiger partial charge in [0.2, 0.25) is 0 Å². The van der Waals surface area contributed by atoms with Gasteiger partial charge in [-0.2, -0.15) is 0 Å². The Bertz CT molecular complexity index is 2870. The van der Waals surface area contributed by atoms with E-state index >= 15 is 4.57 Å². The van der Waals surface area contributed by atoms with Gasteiger partial charge in [-0.3, -0.25) is 0 Å². The van der Waals surface area contributed by atoms with Crippen molar-refractivity contribution in [3.8, 4) is 39.8 Å². The third kappa shape index (κ3) is 3.56. The SMILES string of the molecule is O=P12c3ccccc3Oc3cc(-c4ccc(-n5c6ccccc6c6ccccc65)cc4)cc(c31)Oc1c2c2ccccc2c2ccccc12. The molecule has 1 atom stereocenters. The maximum atomic E-state index is 16.1. The Morgan fingerprint density at radius 3 is 1.65 bits per heavy atom. The number of hydrogen-bond donors (Lipinski definition) is 0. The van der Waals surface area contributed by atoms with Crippen molar-refractivity contribution in [2.24, 2.45) is 0 Å². The average Bonchev–Trinajstić information content (AvgIpc) is 3.49. The van der Waals surface area contributed by atoms with Crippen LogP contribution in [0.2, 0.25) is 0 Å². The molecule has 2 aliphatic heterocycles. The molecule has 5 heteroatoms. The quantitative estimate of drug-likeness (QED) is 0.138. The number of benzene rings is 8. The number of fused-ring (bicyclic) bond motifs is 12. The lowest BCUT2D eigenvalue weighted by Gasteiger charge is -2.36. The number of hydrogen-bond acceptors (Lipinski definition) is 3. The first kappa shape index (κ1) is 26.9. The van der Waals surface area contributed by atoms with Crippen LogP contribution in [-0.4, -0.2) is 4.57 Å². The van der Waals surface area contributed by atoms with Crippen LogP contribution in [0.3, 0.4) is 0 Å². The maximum Gasteiger partial charge on any atom is 0.186 e. The van der Waals surface area contributed by atoms with Crippen molar-refractivity contribution in [2.75, 3.05) is 0 Å². The van der Waals surface area contributed by atoms with E-state index in [1.165, 1.54) is 21.8 Å². The molecule has 0 aliphatic carbocycles. The highest BCUT2D eigenvalue weighted by Gasteiger charge is 2.48. The summed E-state index contributed by atoms with van der Waals surface area (Å²) in [5, 5.41) is 8.57. The predicted molar refractivity (Wildman–Crippen MR) is 201 cm³/mol. The second kappa shape index (κ2) is 9.73. The highest BCUT2D eigenvalue weighted by molar-refractivity contribution is 7.86. The molecule has 0 amide bonds. The van der Waals surface area contributed by atoms with Crippen LogP contribution in [0.5, 0.6) is 23.0 Å². The molecule has 9 aromatic rings. The zero-order valence-corrected chi connectivity index (χ0v) is 27.0. The summed E-state index contributed by atoms with van der Waals surface area (Å²) in [5.41, 5.74) is 5.37. The molecule has 0 saturated carbocycles. The molecule has 4 nitrogen and oxygen atoms in total. The molecule has 0 radical (unpaired) electrons. The third-order valence-corrected chi connectivity index (χ3v) is 13.4. The summed E-state index contributed by atoms with van der Waals surface area (Å²) in [4.78, 5) is 0. The second-order valence-corrected chi connectivity index (χ2v) is 15.4. The Balaban J connectivity index is 1.13. The van der Waals surface area contributed by atoms with Gasteiger partial charge in [0.05, 0.1) is 21.6 Å². The van der Waals surface area contributed by atoms with E-state index in [1.807, 2.05) is 60.7 Å². The average molecular weight is 648 g/mol. The minimum Gasteiger partial charge on any atom is -0.456 e. The lowest BCUT2D eigenvalue weighted by Crippen LogP contribution is -2.35. The number of para-hydroxylation sites is 3. The smallest absolute Gasteiger partial charge is 0.186 e. The van der Waals surface area contributed by atoms with Gasteiger partial charge in [-0.1, -0.05) is 109 Å². The number of rotatable bonds is 2. The number of ether oxygens (including phenoxy) is 2. The van der Waals surface area contributed by atoms with E-state index in [2.05, 4.69) is 102 Å². The van der Waals surface area contributed by atoms with Crippen LogP contribution in [0.15, 0.2) is 158 Å². The van der Waals surface area contributed by atoms with Crippen molar-refractivity contribution >= 4 is 66.4 Å². The van der Waals surface area contributed by atoms with Crippen molar-refractivity contribution in [2.45, 2.75) is 0 Å². The van der Waals surface area contributed by atoms with Gasteiger partial charge in [0.1, 0.15) is 28.3 Å². The summed E-state index contributed by atoms with van der Waals surface area (Å²) in [6, 6.07) is 54.0. The van der Waals surface area contributed by atoms with Crippen molar-refractivity contribution < 1.29 is 14.0 Å². The van der Waals surface area contributed by atoms with Crippen LogP contribution in [0.1, 0.15) is 0 Å². The van der Waals surface area contributed by atoms with E-state index in [4.69, 9.17) is 9.47 Å². The van der Waals surface area contributed by atoms with Gasteiger partial charge in [0, 0.05) is 21.8 Å². The minimum absolute atomic E-state index is 0.573. The summed E-state index contributed by atoms with van der Waals surface area (Å²) < 4.78 is 31.9. The molecular formula is C44H26NO3P. The Labute approximate surface area is 281 Å². The zero-order valence-electron chi connectivity index (χ0n) is 26.1. The summed E-state index contributed by atoms with van der Waals surface area (Å²) in [5.74, 6) is 2.42. The van der Waals surface area contributed by atoms with Crippen LogP contribution < -0.4 is 25.4 Å². The first-order valence-corrected chi connectivity index (χ1v) is 18.2. The molecule has 0 bridgehead atoms. The maximum absolute atomic E-state index is 16.1. The third-order valence-electron chi connectivity index (χ3n) is 10.2. The topological polar surface area (TPSA) is 40.5 Å². The highest BCUT2D eigenvalue weighted by Crippen LogP contribution is 2.61. The molecule has 230 valence electrons. The van der Waals surface area contributed by atoms with E-state index in [1.54, 1.807) is 0 Å². The fraction of sp³-hybridized carbons (Fsp3) is 0. The molecule has 2 aliphatic rings. The molecule has 0 saturated heterocycles. The van der Waals surface area contributed by atoms with Crippen LogP contribution in [0.4, 0.5) is 0 Å². The first-order valence-electron chi connectivity index (χ1n) is 16.5.